The predicted octanol–water partition coefficient (Wildman–Crippen LogP) is 6.28. The third-order valence-corrected chi connectivity index (χ3v) is 6.93. The first kappa shape index (κ1) is 19.8. The molecular formula is C24H38O2. The highest BCUT2D eigenvalue weighted by molar-refractivity contribution is 5.72. The van der Waals surface area contributed by atoms with Gasteiger partial charge in [-0.2, -0.15) is 0 Å². The maximum atomic E-state index is 12.5. The second-order valence-electron chi connectivity index (χ2n) is 9.04. The SMILES string of the molecule is CCCC1CCC(C(=O)OC2CCC(C#CC3CCCCC3)CC2)CC1. The lowest BCUT2D eigenvalue weighted by Gasteiger charge is -2.30. The standard InChI is InChI=1S/C24H38O2/c1-2-6-19-11-15-22(16-12-19)24(25)26-23-17-13-21(14-18-23)10-9-20-7-4-3-5-8-20/h19-23H,2-8,11-18H2,1H3. The Labute approximate surface area is 160 Å². The highest BCUT2D eigenvalue weighted by Gasteiger charge is 2.30. The fraction of sp³-hybridized carbons (Fsp3) is 0.875. The van der Waals surface area contributed by atoms with Crippen molar-refractivity contribution in [3.8, 4) is 11.8 Å². The predicted molar refractivity (Wildman–Crippen MR) is 107 cm³/mol. The van der Waals surface area contributed by atoms with Gasteiger partial charge in [0.2, 0.25) is 0 Å². The highest BCUT2D eigenvalue weighted by atomic mass is 16.5. The van der Waals surface area contributed by atoms with Crippen LogP contribution in [0.25, 0.3) is 0 Å². The third-order valence-electron chi connectivity index (χ3n) is 6.93. The zero-order valence-corrected chi connectivity index (χ0v) is 16.8. The first-order valence-electron chi connectivity index (χ1n) is 11.5. The van der Waals surface area contributed by atoms with E-state index in [1.54, 1.807) is 0 Å². The van der Waals surface area contributed by atoms with Crippen molar-refractivity contribution in [2.24, 2.45) is 23.7 Å². The molecule has 26 heavy (non-hydrogen) atoms. The van der Waals surface area contributed by atoms with Crippen molar-refractivity contribution < 1.29 is 9.53 Å². The van der Waals surface area contributed by atoms with Gasteiger partial charge in [0.25, 0.3) is 0 Å². The van der Waals surface area contributed by atoms with Crippen LogP contribution < -0.4 is 0 Å². The van der Waals surface area contributed by atoms with Crippen molar-refractivity contribution >= 4 is 5.97 Å². The van der Waals surface area contributed by atoms with Gasteiger partial charge in [0, 0.05) is 11.8 Å². The summed E-state index contributed by atoms with van der Waals surface area (Å²) >= 11 is 0. The lowest BCUT2D eigenvalue weighted by Crippen LogP contribution is -2.30. The molecule has 3 fully saturated rings. The lowest BCUT2D eigenvalue weighted by molar-refractivity contribution is -0.157. The van der Waals surface area contributed by atoms with Crippen LogP contribution >= 0.6 is 0 Å². The van der Waals surface area contributed by atoms with Crippen LogP contribution in [0.2, 0.25) is 0 Å². The van der Waals surface area contributed by atoms with Gasteiger partial charge in [-0.25, -0.2) is 0 Å². The summed E-state index contributed by atoms with van der Waals surface area (Å²) in [4.78, 5) is 12.5. The average molecular weight is 359 g/mol. The molecule has 0 spiro atoms. The fourth-order valence-corrected chi connectivity index (χ4v) is 5.16. The van der Waals surface area contributed by atoms with Crippen molar-refractivity contribution in [2.45, 2.75) is 109 Å². The average Bonchev–Trinajstić information content (AvgIpc) is 2.69. The molecule has 0 unspecified atom stereocenters. The Bertz CT molecular complexity index is 478. The van der Waals surface area contributed by atoms with E-state index in [1.807, 2.05) is 0 Å². The van der Waals surface area contributed by atoms with Gasteiger partial charge in [0.05, 0.1) is 5.92 Å². The zero-order chi connectivity index (χ0) is 18.2. The van der Waals surface area contributed by atoms with E-state index >= 15 is 0 Å². The molecule has 0 aromatic rings. The molecule has 2 nitrogen and oxygen atoms in total. The minimum absolute atomic E-state index is 0.0942. The van der Waals surface area contributed by atoms with Crippen molar-refractivity contribution in [1.29, 1.82) is 0 Å². The van der Waals surface area contributed by atoms with E-state index in [9.17, 15) is 4.79 Å². The summed E-state index contributed by atoms with van der Waals surface area (Å²) in [6.07, 6.45) is 18.3. The Morgan fingerprint density at radius 2 is 1.42 bits per heavy atom. The number of ether oxygens (including phenoxy) is 1. The van der Waals surface area contributed by atoms with Crippen LogP contribution in [-0.4, -0.2) is 12.1 Å². The molecule has 0 bridgehead atoms. The van der Waals surface area contributed by atoms with Crippen molar-refractivity contribution in [3.63, 3.8) is 0 Å². The van der Waals surface area contributed by atoms with E-state index in [2.05, 4.69) is 18.8 Å². The van der Waals surface area contributed by atoms with E-state index in [1.165, 1.54) is 57.8 Å². The number of hydrogen-bond acceptors (Lipinski definition) is 2. The van der Waals surface area contributed by atoms with Crippen molar-refractivity contribution in [3.05, 3.63) is 0 Å². The van der Waals surface area contributed by atoms with Crippen LogP contribution in [0.5, 0.6) is 0 Å². The minimum Gasteiger partial charge on any atom is -0.462 e. The quantitative estimate of drug-likeness (QED) is 0.437. The van der Waals surface area contributed by atoms with E-state index in [0.29, 0.717) is 11.8 Å². The summed E-state index contributed by atoms with van der Waals surface area (Å²) < 4.78 is 5.88. The van der Waals surface area contributed by atoms with E-state index in [4.69, 9.17) is 4.74 Å². The zero-order valence-electron chi connectivity index (χ0n) is 16.8. The van der Waals surface area contributed by atoms with E-state index in [-0.39, 0.29) is 18.0 Å². The molecule has 3 saturated carbocycles. The second kappa shape index (κ2) is 10.4. The first-order chi connectivity index (χ1) is 12.7. The number of rotatable bonds is 4. The summed E-state index contributed by atoms with van der Waals surface area (Å²) in [5, 5.41) is 0. The molecule has 0 aromatic heterocycles. The molecule has 3 aliphatic rings. The monoisotopic (exact) mass is 358 g/mol. The summed E-state index contributed by atoms with van der Waals surface area (Å²) in [5.41, 5.74) is 0. The molecule has 0 amide bonds. The van der Waals surface area contributed by atoms with Gasteiger partial charge in [-0.15, -0.1) is 0 Å². The van der Waals surface area contributed by atoms with Gasteiger partial charge in [0.15, 0.2) is 0 Å². The molecule has 0 saturated heterocycles. The Morgan fingerprint density at radius 3 is 2.04 bits per heavy atom. The second-order valence-corrected chi connectivity index (χ2v) is 9.04. The van der Waals surface area contributed by atoms with E-state index < -0.39 is 0 Å². The van der Waals surface area contributed by atoms with Gasteiger partial charge in [-0.1, -0.05) is 50.9 Å². The Kier molecular flexibility index (Phi) is 7.90. The smallest absolute Gasteiger partial charge is 0.309 e. The Morgan fingerprint density at radius 1 is 0.808 bits per heavy atom. The molecular weight excluding hydrogens is 320 g/mol. The maximum Gasteiger partial charge on any atom is 0.309 e. The normalized spacial score (nSPS) is 33.1. The molecule has 0 radical (unpaired) electrons. The van der Waals surface area contributed by atoms with Gasteiger partial charge < -0.3 is 4.74 Å². The van der Waals surface area contributed by atoms with Gasteiger partial charge in [-0.05, 0) is 70.1 Å². The van der Waals surface area contributed by atoms with Crippen molar-refractivity contribution in [2.75, 3.05) is 0 Å². The summed E-state index contributed by atoms with van der Waals surface area (Å²) in [7, 11) is 0. The number of carbonyl (C=O) groups is 1. The largest absolute Gasteiger partial charge is 0.462 e. The summed E-state index contributed by atoms with van der Waals surface area (Å²) in [6.45, 7) is 2.26. The highest BCUT2D eigenvalue weighted by Crippen LogP contribution is 2.34. The number of esters is 1. The van der Waals surface area contributed by atoms with Gasteiger partial charge >= 0.3 is 5.97 Å². The Balaban J connectivity index is 1.35. The number of carbonyl (C=O) groups excluding carboxylic acids is 1. The summed E-state index contributed by atoms with van der Waals surface area (Å²) in [5.74, 6) is 9.42. The van der Waals surface area contributed by atoms with Crippen molar-refractivity contribution in [1.82, 2.24) is 0 Å². The molecule has 2 heteroatoms. The van der Waals surface area contributed by atoms with Crippen LogP contribution in [0.3, 0.4) is 0 Å². The molecule has 0 aromatic carbocycles. The maximum absolute atomic E-state index is 12.5. The first-order valence-corrected chi connectivity index (χ1v) is 11.5. The van der Waals surface area contributed by atoms with Crippen LogP contribution in [0.1, 0.15) is 103 Å². The molecule has 0 N–H and O–H groups in total. The van der Waals surface area contributed by atoms with Crippen LogP contribution in [0.4, 0.5) is 0 Å². The summed E-state index contributed by atoms with van der Waals surface area (Å²) in [6, 6.07) is 0. The number of hydrogen-bond donors (Lipinski definition) is 0. The third kappa shape index (κ3) is 6.04. The molecule has 3 aliphatic carbocycles. The van der Waals surface area contributed by atoms with Crippen LogP contribution in [0, 0.1) is 35.5 Å². The van der Waals surface area contributed by atoms with Gasteiger partial charge in [0.1, 0.15) is 6.10 Å². The van der Waals surface area contributed by atoms with Crippen LogP contribution in [-0.2, 0) is 9.53 Å². The molecule has 0 atom stereocenters. The Hall–Kier alpha value is -0.970. The lowest BCUT2D eigenvalue weighted by atomic mass is 9.80. The van der Waals surface area contributed by atoms with E-state index in [0.717, 1.165) is 44.4 Å². The fourth-order valence-electron chi connectivity index (χ4n) is 5.16. The molecule has 146 valence electrons. The molecule has 0 heterocycles. The molecule has 3 rings (SSSR count). The molecule has 0 aliphatic heterocycles. The van der Waals surface area contributed by atoms with Crippen LogP contribution in [0.15, 0.2) is 0 Å². The minimum atomic E-state index is 0.0942. The van der Waals surface area contributed by atoms with Gasteiger partial charge in [-0.3, -0.25) is 4.79 Å². The topological polar surface area (TPSA) is 26.3 Å².